The predicted octanol–water partition coefficient (Wildman–Crippen LogP) is 3.59. The average Bonchev–Trinajstić information content (AvgIpc) is 3.12. The number of carbonyl (C=O) groups is 1. The van der Waals surface area contributed by atoms with E-state index in [1.807, 2.05) is 12.1 Å². The molecule has 0 saturated heterocycles. The summed E-state index contributed by atoms with van der Waals surface area (Å²) in [5, 5.41) is 6.71. The van der Waals surface area contributed by atoms with Gasteiger partial charge in [0.1, 0.15) is 25.6 Å². The highest BCUT2D eigenvalue weighted by Gasteiger charge is 2.22. The molecule has 3 aromatic rings. The number of hydrogen-bond acceptors (Lipinski definition) is 7. The SMILES string of the molecule is COc1ccccc1OCc1c(C(=O)Nc2ccc3c(c2)OCCO3)noc1C. The minimum absolute atomic E-state index is 0.111. The van der Waals surface area contributed by atoms with Crippen molar-refractivity contribution in [1.29, 1.82) is 0 Å². The Hall–Kier alpha value is -3.68. The van der Waals surface area contributed by atoms with E-state index in [1.165, 1.54) is 0 Å². The maximum Gasteiger partial charge on any atom is 0.278 e. The third-order valence-electron chi connectivity index (χ3n) is 4.44. The summed E-state index contributed by atoms with van der Waals surface area (Å²) in [6, 6.07) is 12.5. The summed E-state index contributed by atoms with van der Waals surface area (Å²) in [4.78, 5) is 12.8. The maximum absolute atomic E-state index is 12.8. The van der Waals surface area contributed by atoms with Gasteiger partial charge in [-0.05, 0) is 31.2 Å². The van der Waals surface area contributed by atoms with Crippen molar-refractivity contribution in [3.8, 4) is 23.0 Å². The van der Waals surface area contributed by atoms with Gasteiger partial charge in [0, 0.05) is 11.8 Å². The van der Waals surface area contributed by atoms with Crippen molar-refractivity contribution in [2.45, 2.75) is 13.5 Å². The molecule has 150 valence electrons. The Balaban J connectivity index is 1.50. The average molecular weight is 396 g/mol. The molecule has 2 heterocycles. The van der Waals surface area contributed by atoms with E-state index in [0.29, 0.717) is 53.2 Å². The van der Waals surface area contributed by atoms with E-state index in [0.717, 1.165) is 0 Å². The number of fused-ring (bicyclic) bond motifs is 1. The van der Waals surface area contributed by atoms with Crippen LogP contribution in [-0.4, -0.2) is 31.4 Å². The first-order valence-electron chi connectivity index (χ1n) is 9.07. The molecule has 1 aliphatic rings. The van der Waals surface area contributed by atoms with Crippen LogP contribution in [0.2, 0.25) is 0 Å². The molecule has 1 N–H and O–H groups in total. The highest BCUT2D eigenvalue weighted by atomic mass is 16.6. The van der Waals surface area contributed by atoms with Crippen molar-refractivity contribution in [1.82, 2.24) is 5.16 Å². The molecule has 0 spiro atoms. The van der Waals surface area contributed by atoms with Crippen LogP contribution in [-0.2, 0) is 6.61 Å². The second-order valence-electron chi connectivity index (χ2n) is 6.32. The number of methoxy groups -OCH3 is 1. The molecule has 1 aliphatic heterocycles. The van der Waals surface area contributed by atoms with E-state index in [9.17, 15) is 4.79 Å². The molecular weight excluding hydrogens is 376 g/mol. The lowest BCUT2D eigenvalue weighted by Gasteiger charge is -2.18. The minimum atomic E-state index is -0.405. The Labute approximate surface area is 167 Å². The van der Waals surface area contributed by atoms with Crippen LogP contribution in [0.3, 0.4) is 0 Å². The van der Waals surface area contributed by atoms with Gasteiger partial charge in [0.05, 0.1) is 12.7 Å². The lowest BCUT2D eigenvalue weighted by Crippen LogP contribution is -2.17. The first kappa shape index (κ1) is 18.7. The van der Waals surface area contributed by atoms with Gasteiger partial charge in [0.25, 0.3) is 5.91 Å². The number of nitrogens with one attached hydrogen (secondary N) is 1. The third-order valence-corrected chi connectivity index (χ3v) is 4.44. The molecule has 0 radical (unpaired) electrons. The highest BCUT2D eigenvalue weighted by molar-refractivity contribution is 6.04. The zero-order valence-corrected chi connectivity index (χ0v) is 16.1. The molecule has 2 aromatic carbocycles. The van der Waals surface area contributed by atoms with Crippen molar-refractivity contribution in [2.75, 3.05) is 25.6 Å². The number of anilines is 1. The molecule has 4 rings (SSSR count). The van der Waals surface area contributed by atoms with Gasteiger partial charge in [-0.25, -0.2) is 0 Å². The monoisotopic (exact) mass is 396 g/mol. The molecule has 8 nitrogen and oxygen atoms in total. The standard InChI is InChI=1S/C21H20N2O6/c1-13-15(12-28-17-6-4-3-5-16(17)25-2)20(23-29-13)21(24)22-14-7-8-18-19(11-14)27-10-9-26-18/h3-8,11H,9-10,12H2,1-2H3,(H,22,24). The number of aryl methyl sites for hydroxylation is 1. The van der Waals surface area contributed by atoms with E-state index >= 15 is 0 Å². The lowest BCUT2D eigenvalue weighted by molar-refractivity contribution is 0.101. The topological polar surface area (TPSA) is 92.1 Å². The summed E-state index contributed by atoms with van der Waals surface area (Å²) in [5.74, 6) is 2.50. The molecule has 0 atom stereocenters. The Morgan fingerprint density at radius 3 is 2.66 bits per heavy atom. The van der Waals surface area contributed by atoms with Crippen LogP contribution >= 0.6 is 0 Å². The van der Waals surface area contributed by atoms with Gasteiger partial charge in [-0.3, -0.25) is 4.79 Å². The molecule has 1 aromatic heterocycles. The van der Waals surface area contributed by atoms with E-state index in [-0.39, 0.29) is 12.3 Å². The number of para-hydroxylation sites is 2. The molecule has 0 unspecified atom stereocenters. The Morgan fingerprint density at radius 2 is 1.86 bits per heavy atom. The molecule has 0 saturated carbocycles. The van der Waals surface area contributed by atoms with Crippen LogP contribution in [0, 0.1) is 6.92 Å². The zero-order chi connectivity index (χ0) is 20.2. The normalized spacial score (nSPS) is 12.3. The van der Waals surface area contributed by atoms with E-state index < -0.39 is 5.91 Å². The fourth-order valence-electron chi connectivity index (χ4n) is 2.94. The summed E-state index contributed by atoms with van der Waals surface area (Å²) in [6.07, 6.45) is 0. The van der Waals surface area contributed by atoms with E-state index in [2.05, 4.69) is 10.5 Å². The number of hydrogen-bond donors (Lipinski definition) is 1. The number of ether oxygens (including phenoxy) is 4. The summed E-state index contributed by atoms with van der Waals surface area (Å²) in [7, 11) is 1.57. The van der Waals surface area contributed by atoms with Crippen molar-refractivity contribution in [2.24, 2.45) is 0 Å². The smallest absolute Gasteiger partial charge is 0.278 e. The summed E-state index contributed by atoms with van der Waals surface area (Å²) >= 11 is 0. The van der Waals surface area contributed by atoms with Crippen LogP contribution < -0.4 is 24.3 Å². The van der Waals surface area contributed by atoms with Crippen LogP contribution in [0.4, 0.5) is 5.69 Å². The van der Waals surface area contributed by atoms with Gasteiger partial charge in [0.2, 0.25) is 0 Å². The van der Waals surface area contributed by atoms with Gasteiger partial charge in [-0.1, -0.05) is 17.3 Å². The van der Waals surface area contributed by atoms with Gasteiger partial charge >= 0.3 is 0 Å². The fourth-order valence-corrected chi connectivity index (χ4v) is 2.94. The largest absolute Gasteiger partial charge is 0.493 e. The van der Waals surface area contributed by atoms with Gasteiger partial charge in [-0.2, -0.15) is 0 Å². The van der Waals surface area contributed by atoms with Gasteiger partial charge in [-0.15, -0.1) is 0 Å². The molecule has 0 bridgehead atoms. The van der Waals surface area contributed by atoms with Crippen LogP contribution in [0.5, 0.6) is 23.0 Å². The van der Waals surface area contributed by atoms with Crippen molar-refractivity contribution < 1.29 is 28.3 Å². The lowest BCUT2D eigenvalue weighted by atomic mass is 10.2. The third kappa shape index (κ3) is 3.96. The van der Waals surface area contributed by atoms with Crippen molar-refractivity contribution >= 4 is 11.6 Å². The van der Waals surface area contributed by atoms with Crippen molar-refractivity contribution in [3.05, 3.63) is 59.5 Å². The van der Waals surface area contributed by atoms with Crippen LogP contribution in [0.1, 0.15) is 21.8 Å². The molecule has 0 fully saturated rings. The van der Waals surface area contributed by atoms with Crippen LogP contribution in [0.25, 0.3) is 0 Å². The number of nitrogens with zero attached hydrogens (tertiary/aromatic N) is 1. The molecular formula is C21H20N2O6. The number of aromatic nitrogens is 1. The fraction of sp³-hybridized carbons (Fsp3) is 0.238. The highest BCUT2D eigenvalue weighted by Crippen LogP contribution is 2.33. The number of benzene rings is 2. The molecule has 8 heteroatoms. The zero-order valence-electron chi connectivity index (χ0n) is 16.1. The van der Waals surface area contributed by atoms with E-state index in [4.69, 9.17) is 23.5 Å². The molecule has 0 aliphatic carbocycles. The van der Waals surface area contributed by atoms with E-state index in [1.54, 1.807) is 44.4 Å². The second-order valence-corrected chi connectivity index (χ2v) is 6.32. The second kappa shape index (κ2) is 8.14. The Morgan fingerprint density at radius 1 is 1.10 bits per heavy atom. The summed E-state index contributed by atoms with van der Waals surface area (Å²) in [5.41, 5.74) is 1.29. The Kier molecular flexibility index (Phi) is 5.24. The quantitative estimate of drug-likeness (QED) is 0.681. The first-order valence-corrected chi connectivity index (χ1v) is 9.07. The number of amides is 1. The number of rotatable bonds is 6. The van der Waals surface area contributed by atoms with Crippen LogP contribution in [0.15, 0.2) is 47.0 Å². The Bertz CT molecular complexity index is 1030. The van der Waals surface area contributed by atoms with Gasteiger partial charge in [0.15, 0.2) is 28.7 Å². The first-order chi connectivity index (χ1) is 14.2. The molecule has 1 amide bonds. The summed E-state index contributed by atoms with van der Waals surface area (Å²) in [6.45, 7) is 2.82. The minimum Gasteiger partial charge on any atom is -0.493 e. The summed E-state index contributed by atoms with van der Waals surface area (Å²) < 4.78 is 27.4. The van der Waals surface area contributed by atoms with Gasteiger partial charge < -0.3 is 28.8 Å². The predicted molar refractivity (Wildman–Crippen MR) is 104 cm³/mol. The molecule has 29 heavy (non-hydrogen) atoms. The number of carbonyl (C=O) groups excluding carboxylic acids is 1. The van der Waals surface area contributed by atoms with Crippen molar-refractivity contribution in [3.63, 3.8) is 0 Å². The maximum atomic E-state index is 12.8.